The second kappa shape index (κ2) is 6.44. The van der Waals surface area contributed by atoms with Crippen molar-refractivity contribution in [2.24, 2.45) is 0 Å². The van der Waals surface area contributed by atoms with E-state index in [0.29, 0.717) is 25.2 Å². The van der Waals surface area contributed by atoms with E-state index in [4.69, 9.17) is 4.74 Å². The number of hydrogen-bond acceptors (Lipinski definition) is 6. The van der Waals surface area contributed by atoms with Gasteiger partial charge in [0.25, 0.3) is 0 Å². The Morgan fingerprint density at radius 3 is 3.00 bits per heavy atom. The first-order valence-corrected chi connectivity index (χ1v) is 10.2. The molecule has 1 saturated carbocycles. The number of hydrogen-bond donors (Lipinski definition) is 2. The number of aromatic nitrogens is 3. The van der Waals surface area contributed by atoms with Crippen molar-refractivity contribution < 1.29 is 9.84 Å². The lowest BCUT2D eigenvalue weighted by Gasteiger charge is -2.47. The number of anilines is 1. The van der Waals surface area contributed by atoms with Crippen molar-refractivity contribution in [3.63, 3.8) is 0 Å². The van der Waals surface area contributed by atoms with Gasteiger partial charge in [-0.05, 0) is 48.2 Å². The van der Waals surface area contributed by atoms with Gasteiger partial charge in [-0.3, -0.25) is 4.90 Å². The van der Waals surface area contributed by atoms with Crippen LogP contribution in [0.5, 0.6) is 0 Å². The smallest absolute Gasteiger partial charge is 0.146 e. The predicted octanol–water partition coefficient (Wildman–Crippen LogP) is 2.17. The summed E-state index contributed by atoms with van der Waals surface area (Å²) in [6, 6.07) is 0.984. The number of aliphatic hydroxyl groups excluding tert-OH is 1. The lowest BCUT2D eigenvalue weighted by molar-refractivity contribution is -0.101. The number of halogens is 1. The number of nitrogens with zero attached hydrogens (tertiary/aromatic N) is 4. The molecular formula is C18H24BrN5O2. The summed E-state index contributed by atoms with van der Waals surface area (Å²) in [5.74, 6) is 0.815. The number of rotatable bonds is 5. The molecule has 3 aliphatic rings. The van der Waals surface area contributed by atoms with Crippen LogP contribution in [0.2, 0.25) is 0 Å². The molecule has 2 aromatic heterocycles. The Morgan fingerprint density at radius 1 is 1.31 bits per heavy atom. The molecule has 2 aliphatic heterocycles. The summed E-state index contributed by atoms with van der Waals surface area (Å²) >= 11 is 3.68. The number of aliphatic hydroxyl groups is 1. The van der Waals surface area contributed by atoms with E-state index in [1.165, 1.54) is 19.3 Å². The first-order valence-electron chi connectivity index (χ1n) is 9.42. The van der Waals surface area contributed by atoms with E-state index >= 15 is 0 Å². The minimum absolute atomic E-state index is 0.0784. The van der Waals surface area contributed by atoms with Crippen molar-refractivity contribution in [1.82, 2.24) is 19.4 Å². The summed E-state index contributed by atoms with van der Waals surface area (Å²) in [5, 5.41) is 14.7. The third-order valence-electron chi connectivity index (χ3n) is 6.05. The topological polar surface area (TPSA) is 75.4 Å². The SMILES string of the molecule is OC[C@@]1(CNc2ncnc3c2c(Br)cn3C2CC2)COC[C@H]2CCCN21. The third-order valence-corrected chi connectivity index (χ3v) is 6.65. The second-order valence-corrected chi connectivity index (χ2v) is 8.63. The molecule has 140 valence electrons. The van der Waals surface area contributed by atoms with Crippen molar-refractivity contribution in [3.05, 3.63) is 17.0 Å². The number of fused-ring (bicyclic) bond motifs is 2. The fourth-order valence-electron chi connectivity index (χ4n) is 4.50. The highest BCUT2D eigenvalue weighted by molar-refractivity contribution is 9.10. The zero-order chi connectivity index (χ0) is 17.7. The lowest BCUT2D eigenvalue weighted by atomic mass is 9.96. The van der Waals surface area contributed by atoms with Gasteiger partial charge in [-0.1, -0.05) is 0 Å². The van der Waals surface area contributed by atoms with Gasteiger partial charge >= 0.3 is 0 Å². The van der Waals surface area contributed by atoms with Gasteiger partial charge in [0.1, 0.15) is 17.8 Å². The fraction of sp³-hybridized carbons (Fsp3) is 0.667. The molecule has 0 aromatic carbocycles. The molecule has 0 amide bonds. The third kappa shape index (κ3) is 2.66. The Labute approximate surface area is 160 Å². The molecule has 2 N–H and O–H groups in total. The number of morpholine rings is 1. The maximum Gasteiger partial charge on any atom is 0.146 e. The molecule has 2 atom stereocenters. The van der Waals surface area contributed by atoms with Crippen molar-refractivity contribution in [2.75, 3.05) is 38.2 Å². The molecule has 26 heavy (non-hydrogen) atoms. The van der Waals surface area contributed by atoms with E-state index in [1.54, 1.807) is 6.33 Å². The molecule has 7 nitrogen and oxygen atoms in total. The van der Waals surface area contributed by atoms with Crippen molar-refractivity contribution >= 4 is 32.8 Å². The molecule has 0 radical (unpaired) electrons. The molecule has 5 rings (SSSR count). The largest absolute Gasteiger partial charge is 0.394 e. The van der Waals surface area contributed by atoms with Crippen LogP contribution in [0.15, 0.2) is 17.0 Å². The van der Waals surface area contributed by atoms with Crippen molar-refractivity contribution in [1.29, 1.82) is 0 Å². The first kappa shape index (κ1) is 16.9. The molecule has 1 aliphatic carbocycles. The maximum absolute atomic E-state index is 10.2. The molecule has 2 aromatic rings. The van der Waals surface area contributed by atoms with Gasteiger partial charge in [-0.2, -0.15) is 0 Å². The van der Waals surface area contributed by atoms with E-state index < -0.39 is 0 Å². The Balaban J connectivity index is 1.44. The molecular weight excluding hydrogens is 398 g/mol. The zero-order valence-electron chi connectivity index (χ0n) is 14.7. The van der Waals surface area contributed by atoms with Crippen LogP contribution >= 0.6 is 15.9 Å². The van der Waals surface area contributed by atoms with Gasteiger partial charge in [0.2, 0.25) is 0 Å². The van der Waals surface area contributed by atoms with Crippen molar-refractivity contribution in [2.45, 2.75) is 43.3 Å². The molecule has 3 fully saturated rings. The van der Waals surface area contributed by atoms with Gasteiger partial charge in [-0.25, -0.2) is 9.97 Å². The van der Waals surface area contributed by atoms with Crippen LogP contribution in [0.1, 0.15) is 31.7 Å². The minimum Gasteiger partial charge on any atom is -0.394 e. The lowest BCUT2D eigenvalue weighted by Crippen LogP contribution is -2.64. The van der Waals surface area contributed by atoms with Crippen LogP contribution in [-0.2, 0) is 4.74 Å². The van der Waals surface area contributed by atoms with E-state index in [0.717, 1.165) is 40.9 Å². The molecule has 0 spiro atoms. The normalized spacial score (nSPS) is 29.2. The van der Waals surface area contributed by atoms with Gasteiger partial charge in [-0.15, -0.1) is 0 Å². The van der Waals surface area contributed by atoms with Crippen LogP contribution in [0.4, 0.5) is 5.82 Å². The molecule has 2 saturated heterocycles. The Bertz CT molecular complexity index is 823. The summed E-state index contributed by atoms with van der Waals surface area (Å²) in [5.41, 5.74) is 0.580. The highest BCUT2D eigenvalue weighted by atomic mass is 79.9. The highest BCUT2D eigenvalue weighted by Gasteiger charge is 2.46. The van der Waals surface area contributed by atoms with Crippen LogP contribution in [-0.4, -0.2) is 69.0 Å². The number of nitrogens with one attached hydrogen (secondary N) is 1. The average molecular weight is 422 g/mol. The summed E-state index contributed by atoms with van der Waals surface area (Å²) in [6.45, 7) is 3.03. The maximum atomic E-state index is 10.2. The van der Waals surface area contributed by atoms with Crippen LogP contribution in [0, 0.1) is 0 Å². The second-order valence-electron chi connectivity index (χ2n) is 7.78. The Hall–Kier alpha value is -1.22. The van der Waals surface area contributed by atoms with Gasteiger partial charge in [0.15, 0.2) is 0 Å². The van der Waals surface area contributed by atoms with E-state index in [9.17, 15) is 5.11 Å². The molecule has 4 heterocycles. The standard InChI is InChI=1S/C18H24BrN5O2/c19-14-6-23(12-3-4-12)17-15(14)16(21-11-22-17)20-8-18(9-25)10-26-7-13-2-1-5-24(13)18/h6,11-13,25H,1-5,7-10H2,(H,20,21,22)/t13-,18+/m1/s1. The average Bonchev–Trinajstić information content (AvgIpc) is 3.29. The van der Waals surface area contributed by atoms with Crippen LogP contribution in [0.3, 0.4) is 0 Å². The van der Waals surface area contributed by atoms with Crippen LogP contribution in [0.25, 0.3) is 11.0 Å². The van der Waals surface area contributed by atoms with Gasteiger partial charge in [0.05, 0.1) is 30.7 Å². The van der Waals surface area contributed by atoms with Gasteiger partial charge in [0, 0.05) is 29.3 Å². The first-order chi connectivity index (χ1) is 12.7. The number of ether oxygens (including phenoxy) is 1. The van der Waals surface area contributed by atoms with E-state index in [2.05, 4.69) is 46.9 Å². The molecule has 0 bridgehead atoms. The monoisotopic (exact) mass is 421 g/mol. The molecule has 8 heteroatoms. The van der Waals surface area contributed by atoms with E-state index in [-0.39, 0.29) is 12.1 Å². The summed E-state index contributed by atoms with van der Waals surface area (Å²) < 4.78 is 9.10. The van der Waals surface area contributed by atoms with Crippen LogP contribution < -0.4 is 5.32 Å². The van der Waals surface area contributed by atoms with Crippen molar-refractivity contribution in [3.8, 4) is 0 Å². The molecule has 0 unspecified atom stereocenters. The van der Waals surface area contributed by atoms with Gasteiger partial charge < -0.3 is 19.7 Å². The quantitative estimate of drug-likeness (QED) is 0.770. The highest BCUT2D eigenvalue weighted by Crippen LogP contribution is 2.41. The summed E-state index contributed by atoms with van der Waals surface area (Å²) in [7, 11) is 0. The minimum atomic E-state index is -0.387. The fourth-order valence-corrected chi connectivity index (χ4v) is 5.09. The predicted molar refractivity (Wildman–Crippen MR) is 102 cm³/mol. The summed E-state index contributed by atoms with van der Waals surface area (Å²) in [4.78, 5) is 11.4. The summed E-state index contributed by atoms with van der Waals surface area (Å²) in [6.07, 6.45) is 8.48. The zero-order valence-corrected chi connectivity index (χ0v) is 16.3. The Kier molecular flexibility index (Phi) is 4.19. The Morgan fingerprint density at radius 2 is 2.19 bits per heavy atom. The van der Waals surface area contributed by atoms with E-state index in [1.807, 2.05) is 0 Å².